The second kappa shape index (κ2) is 9.42. The molecule has 0 saturated heterocycles. The molecule has 0 spiro atoms. The largest absolute Gasteiger partial charge is 0.480 e. The third-order valence-electron chi connectivity index (χ3n) is 3.11. The Morgan fingerprint density at radius 2 is 1.82 bits per heavy atom. The molecular weight excluding hydrogens is 218 g/mol. The van der Waals surface area contributed by atoms with Crippen LogP contribution in [-0.4, -0.2) is 29.8 Å². The van der Waals surface area contributed by atoms with Gasteiger partial charge >= 0.3 is 5.97 Å². The average molecular weight is 245 g/mol. The molecule has 0 heterocycles. The summed E-state index contributed by atoms with van der Waals surface area (Å²) < 4.78 is 5.45. The van der Waals surface area contributed by atoms with E-state index in [2.05, 4.69) is 6.92 Å². The van der Waals surface area contributed by atoms with Crippen LogP contribution in [0.25, 0.3) is 0 Å². The fraction of sp³-hybridized carbons (Fsp3) is 0.923. The number of hydrogen-bond acceptors (Lipinski definition) is 3. The number of aliphatic carboxylic acids is 1. The number of rotatable bonds is 11. The van der Waals surface area contributed by atoms with Crippen molar-refractivity contribution in [3.8, 4) is 0 Å². The molecule has 0 amide bonds. The third-order valence-corrected chi connectivity index (χ3v) is 3.11. The number of ether oxygens (including phenoxy) is 1. The number of hydrogen-bond donors (Lipinski definition) is 2. The molecule has 4 heteroatoms. The first-order chi connectivity index (χ1) is 8.06. The van der Waals surface area contributed by atoms with E-state index in [-0.39, 0.29) is 0 Å². The number of unbranched alkanes of at least 4 members (excludes halogenated alkanes) is 3. The van der Waals surface area contributed by atoms with E-state index in [1.165, 1.54) is 19.3 Å². The molecular formula is C13H27NO3. The number of carbonyl (C=O) groups is 1. The van der Waals surface area contributed by atoms with Gasteiger partial charge in [-0.2, -0.15) is 0 Å². The van der Waals surface area contributed by atoms with E-state index >= 15 is 0 Å². The van der Waals surface area contributed by atoms with Crippen LogP contribution < -0.4 is 5.73 Å². The standard InChI is InChI=1S/C13H27NO3/c1-3-5-6-7-10-17-11-8-9-13(14,4-2)12(15)16/h3-11,14H2,1-2H3,(H,15,16). The molecule has 0 rings (SSSR count). The normalized spacial score (nSPS) is 14.5. The molecule has 3 N–H and O–H groups in total. The Hall–Kier alpha value is -0.610. The van der Waals surface area contributed by atoms with Crippen molar-refractivity contribution in [3.63, 3.8) is 0 Å². The van der Waals surface area contributed by atoms with Gasteiger partial charge in [-0.15, -0.1) is 0 Å². The highest BCUT2D eigenvalue weighted by Crippen LogP contribution is 2.14. The van der Waals surface area contributed by atoms with Crippen LogP contribution in [0.3, 0.4) is 0 Å². The molecule has 0 bridgehead atoms. The van der Waals surface area contributed by atoms with Crippen molar-refractivity contribution in [3.05, 3.63) is 0 Å². The molecule has 0 aliphatic carbocycles. The van der Waals surface area contributed by atoms with Gasteiger partial charge in [0.05, 0.1) is 0 Å². The van der Waals surface area contributed by atoms with E-state index in [0.29, 0.717) is 25.9 Å². The summed E-state index contributed by atoms with van der Waals surface area (Å²) in [4.78, 5) is 10.9. The topological polar surface area (TPSA) is 72.5 Å². The second-order valence-electron chi connectivity index (χ2n) is 4.59. The van der Waals surface area contributed by atoms with Crippen LogP contribution in [-0.2, 0) is 9.53 Å². The highest BCUT2D eigenvalue weighted by molar-refractivity contribution is 5.78. The van der Waals surface area contributed by atoms with Crippen LogP contribution in [0.2, 0.25) is 0 Å². The van der Waals surface area contributed by atoms with E-state index in [1.807, 2.05) is 0 Å². The summed E-state index contributed by atoms with van der Waals surface area (Å²) in [5, 5.41) is 8.97. The van der Waals surface area contributed by atoms with Gasteiger partial charge in [0.25, 0.3) is 0 Å². The zero-order chi connectivity index (χ0) is 13.1. The third kappa shape index (κ3) is 7.34. The number of carboxylic acids is 1. The van der Waals surface area contributed by atoms with Gasteiger partial charge in [0.15, 0.2) is 0 Å². The van der Waals surface area contributed by atoms with Crippen molar-refractivity contribution >= 4 is 5.97 Å². The molecule has 0 fully saturated rings. The lowest BCUT2D eigenvalue weighted by molar-refractivity contribution is -0.143. The van der Waals surface area contributed by atoms with Gasteiger partial charge in [-0.1, -0.05) is 33.1 Å². The molecule has 17 heavy (non-hydrogen) atoms. The Balaban J connectivity index is 3.47. The Labute approximate surface area is 105 Å². The smallest absolute Gasteiger partial charge is 0.323 e. The van der Waals surface area contributed by atoms with Crippen molar-refractivity contribution in [2.45, 2.75) is 64.3 Å². The zero-order valence-electron chi connectivity index (χ0n) is 11.2. The van der Waals surface area contributed by atoms with Crippen molar-refractivity contribution in [1.29, 1.82) is 0 Å². The molecule has 0 aliphatic heterocycles. The first-order valence-electron chi connectivity index (χ1n) is 6.67. The lowest BCUT2D eigenvalue weighted by atomic mass is 9.92. The maximum atomic E-state index is 10.9. The zero-order valence-corrected chi connectivity index (χ0v) is 11.2. The first kappa shape index (κ1) is 16.4. The maximum Gasteiger partial charge on any atom is 0.323 e. The fourth-order valence-electron chi connectivity index (χ4n) is 1.66. The maximum absolute atomic E-state index is 10.9. The number of nitrogens with two attached hydrogens (primary N) is 1. The van der Waals surface area contributed by atoms with Gasteiger partial charge in [0, 0.05) is 13.2 Å². The molecule has 0 saturated carbocycles. The molecule has 1 atom stereocenters. The van der Waals surface area contributed by atoms with Gasteiger partial charge in [0.1, 0.15) is 5.54 Å². The van der Waals surface area contributed by atoms with Gasteiger partial charge < -0.3 is 15.6 Å². The molecule has 4 nitrogen and oxygen atoms in total. The van der Waals surface area contributed by atoms with E-state index in [4.69, 9.17) is 15.6 Å². The minimum atomic E-state index is -1.08. The predicted molar refractivity (Wildman–Crippen MR) is 69.0 cm³/mol. The van der Waals surface area contributed by atoms with Crippen molar-refractivity contribution in [2.75, 3.05) is 13.2 Å². The Morgan fingerprint density at radius 3 is 2.35 bits per heavy atom. The summed E-state index contributed by atoms with van der Waals surface area (Å²) in [6, 6.07) is 0. The van der Waals surface area contributed by atoms with Gasteiger partial charge in [-0.3, -0.25) is 4.79 Å². The van der Waals surface area contributed by atoms with Crippen molar-refractivity contribution in [2.24, 2.45) is 5.73 Å². The molecule has 0 aromatic carbocycles. The number of carboxylic acid groups (broad SMARTS) is 1. The van der Waals surface area contributed by atoms with Crippen molar-refractivity contribution < 1.29 is 14.6 Å². The molecule has 0 aromatic rings. The first-order valence-corrected chi connectivity index (χ1v) is 6.67. The summed E-state index contributed by atoms with van der Waals surface area (Å²) >= 11 is 0. The lowest BCUT2D eigenvalue weighted by Gasteiger charge is -2.22. The van der Waals surface area contributed by atoms with Gasteiger partial charge in [-0.05, 0) is 25.7 Å². The average Bonchev–Trinajstić information content (AvgIpc) is 2.32. The van der Waals surface area contributed by atoms with Gasteiger partial charge in [0.2, 0.25) is 0 Å². The minimum Gasteiger partial charge on any atom is -0.480 e. The molecule has 1 unspecified atom stereocenters. The van der Waals surface area contributed by atoms with Gasteiger partial charge in [-0.25, -0.2) is 0 Å². The predicted octanol–water partition coefficient (Wildman–Crippen LogP) is 2.56. The summed E-state index contributed by atoms with van der Waals surface area (Å²) in [5.74, 6) is -0.914. The van der Waals surface area contributed by atoms with Crippen LogP contribution in [0.1, 0.15) is 58.8 Å². The van der Waals surface area contributed by atoms with Crippen LogP contribution in [0.15, 0.2) is 0 Å². The van der Waals surface area contributed by atoms with Crippen LogP contribution >= 0.6 is 0 Å². The summed E-state index contributed by atoms with van der Waals surface area (Å²) in [7, 11) is 0. The highest BCUT2D eigenvalue weighted by Gasteiger charge is 2.30. The Bertz CT molecular complexity index is 209. The molecule has 102 valence electrons. The SMILES string of the molecule is CCCCCCOCCCC(N)(CC)C(=O)O. The Morgan fingerprint density at radius 1 is 1.18 bits per heavy atom. The second-order valence-corrected chi connectivity index (χ2v) is 4.59. The monoisotopic (exact) mass is 245 g/mol. The van der Waals surface area contributed by atoms with Crippen LogP contribution in [0.5, 0.6) is 0 Å². The highest BCUT2D eigenvalue weighted by atomic mass is 16.5. The quantitative estimate of drug-likeness (QED) is 0.549. The summed E-state index contributed by atoms with van der Waals surface area (Å²) in [5.41, 5.74) is 4.69. The molecule has 0 aliphatic rings. The van der Waals surface area contributed by atoms with Crippen molar-refractivity contribution in [1.82, 2.24) is 0 Å². The molecule has 0 aromatic heterocycles. The lowest BCUT2D eigenvalue weighted by Crippen LogP contribution is -2.47. The van der Waals surface area contributed by atoms with E-state index < -0.39 is 11.5 Å². The summed E-state index contributed by atoms with van der Waals surface area (Å²) in [6.07, 6.45) is 6.43. The van der Waals surface area contributed by atoms with E-state index in [1.54, 1.807) is 6.92 Å². The minimum absolute atomic E-state index is 0.457. The van der Waals surface area contributed by atoms with Crippen LogP contribution in [0, 0.1) is 0 Å². The Kier molecular flexibility index (Phi) is 9.09. The van der Waals surface area contributed by atoms with E-state index in [9.17, 15) is 4.79 Å². The van der Waals surface area contributed by atoms with Crippen LogP contribution in [0.4, 0.5) is 0 Å². The van der Waals surface area contributed by atoms with E-state index in [0.717, 1.165) is 13.0 Å². The molecule has 0 radical (unpaired) electrons. The summed E-state index contributed by atoms with van der Waals surface area (Å²) in [6.45, 7) is 5.37. The fourth-order valence-corrected chi connectivity index (χ4v) is 1.66.